The second-order valence-corrected chi connectivity index (χ2v) is 9.29. The lowest BCUT2D eigenvalue weighted by atomic mass is 9.86. The molecule has 3 aromatic rings. The number of hydrogen-bond donors (Lipinski definition) is 1. The molecule has 3 aliphatic heterocycles. The van der Waals surface area contributed by atoms with Crippen LogP contribution in [0.4, 0.5) is 4.79 Å². The molecule has 0 aliphatic carbocycles. The van der Waals surface area contributed by atoms with E-state index >= 15 is 0 Å². The highest BCUT2D eigenvalue weighted by Crippen LogP contribution is 2.30. The Morgan fingerprint density at radius 3 is 2.40 bits per heavy atom. The van der Waals surface area contributed by atoms with E-state index in [2.05, 4.69) is 10.2 Å². The van der Waals surface area contributed by atoms with Crippen LogP contribution in [0.15, 0.2) is 78.9 Å². The quantitative estimate of drug-likeness (QED) is 0.470. The number of carbonyl (C=O) groups excluding carboxylic acids is 2. The number of amides is 1. The molecule has 3 aliphatic rings. The SMILES string of the molecule is O=Cc1ccc(COc2cccc(C(NC(=O)OC3CN4CCC3CC4)c3ccccc3)c2)cc1. The number of fused-ring (bicyclic) bond motifs is 3. The number of alkyl carbamates (subject to hydrolysis) is 1. The van der Waals surface area contributed by atoms with Gasteiger partial charge in [0.1, 0.15) is 24.7 Å². The van der Waals surface area contributed by atoms with Gasteiger partial charge in [0, 0.05) is 12.1 Å². The van der Waals surface area contributed by atoms with E-state index in [9.17, 15) is 9.59 Å². The number of carbonyl (C=O) groups is 2. The fourth-order valence-electron chi connectivity index (χ4n) is 4.98. The molecule has 6 nitrogen and oxygen atoms in total. The van der Waals surface area contributed by atoms with Crippen LogP contribution in [0.1, 0.15) is 45.9 Å². The van der Waals surface area contributed by atoms with Gasteiger partial charge in [-0.25, -0.2) is 4.79 Å². The molecule has 2 unspecified atom stereocenters. The number of rotatable bonds is 8. The Morgan fingerprint density at radius 2 is 1.71 bits per heavy atom. The molecule has 6 rings (SSSR count). The number of aldehydes is 1. The van der Waals surface area contributed by atoms with Crippen LogP contribution < -0.4 is 10.1 Å². The third-order valence-electron chi connectivity index (χ3n) is 6.96. The predicted molar refractivity (Wildman–Crippen MR) is 133 cm³/mol. The molecule has 2 bridgehead atoms. The Balaban J connectivity index is 1.29. The lowest BCUT2D eigenvalue weighted by Gasteiger charge is -2.43. The molecule has 1 amide bonds. The first-order valence-corrected chi connectivity index (χ1v) is 12.2. The van der Waals surface area contributed by atoms with Crippen LogP contribution in [0.5, 0.6) is 5.75 Å². The minimum atomic E-state index is -0.390. The molecule has 35 heavy (non-hydrogen) atoms. The molecule has 3 saturated heterocycles. The van der Waals surface area contributed by atoms with Crippen molar-refractivity contribution >= 4 is 12.4 Å². The monoisotopic (exact) mass is 470 g/mol. The first kappa shape index (κ1) is 23.1. The van der Waals surface area contributed by atoms with Crippen molar-refractivity contribution in [2.45, 2.75) is 31.6 Å². The summed E-state index contributed by atoms with van der Waals surface area (Å²) in [6.45, 7) is 3.42. The van der Waals surface area contributed by atoms with Crippen molar-refractivity contribution in [1.29, 1.82) is 0 Å². The van der Waals surface area contributed by atoms with E-state index in [1.807, 2.05) is 66.7 Å². The maximum atomic E-state index is 13.0. The van der Waals surface area contributed by atoms with E-state index in [1.54, 1.807) is 12.1 Å². The van der Waals surface area contributed by atoms with Gasteiger partial charge < -0.3 is 14.8 Å². The van der Waals surface area contributed by atoms with Crippen molar-refractivity contribution in [3.8, 4) is 5.75 Å². The fourth-order valence-corrected chi connectivity index (χ4v) is 4.98. The zero-order chi connectivity index (χ0) is 24.0. The second-order valence-electron chi connectivity index (χ2n) is 9.29. The Kier molecular flexibility index (Phi) is 7.09. The number of benzene rings is 3. The first-order chi connectivity index (χ1) is 17.2. The summed E-state index contributed by atoms with van der Waals surface area (Å²) in [5.41, 5.74) is 3.49. The van der Waals surface area contributed by atoms with Gasteiger partial charge in [-0.1, -0.05) is 66.7 Å². The molecule has 0 aromatic heterocycles. The van der Waals surface area contributed by atoms with Gasteiger partial charge in [0.25, 0.3) is 0 Å². The number of nitrogens with one attached hydrogen (secondary N) is 1. The van der Waals surface area contributed by atoms with Crippen LogP contribution in [0.3, 0.4) is 0 Å². The maximum Gasteiger partial charge on any atom is 0.408 e. The van der Waals surface area contributed by atoms with E-state index in [1.165, 1.54) is 0 Å². The number of ether oxygens (including phenoxy) is 2. The van der Waals surface area contributed by atoms with Crippen molar-refractivity contribution in [2.75, 3.05) is 19.6 Å². The van der Waals surface area contributed by atoms with Crippen molar-refractivity contribution in [3.05, 3.63) is 101 Å². The van der Waals surface area contributed by atoms with Crippen LogP contribution in [0, 0.1) is 5.92 Å². The smallest absolute Gasteiger partial charge is 0.408 e. The molecule has 0 spiro atoms. The highest BCUT2D eigenvalue weighted by Gasteiger charge is 2.36. The summed E-state index contributed by atoms with van der Waals surface area (Å²) in [6.07, 6.45) is 2.58. The fraction of sp³-hybridized carbons (Fsp3) is 0.310. The second kappa shape index (κ2) is 10.7. The van der Waals surface area contributed by atoms with Crippen LogP contribution in [0.25, 0.3) is 0 Å². The summed E-state index contributed by atoms with van der Waals surface area (Å²) in [4.78, 5) is 26.2. The van der Waals surface area contributed by atoms with Gasteiger partial charge in [-0.3, -0.25) is 9.69 Å². The minimum Gasteiger partial charge on any atom is -0.489 e. The summed E-state index contributed by atoms with van der Waals surface area (Å²) >= 11 is 0. The van der Waals surface area contributed by atoms with E-state index in [4.69, 9.17) is 9.47 Å². The maximum absolute atomic E-state index is 13.0. The summed E-state index contributed by atoms with van der Waals surface area (Å²) in [7, 11) is 0. The summed E-state index contributed by atoms with van der Waals surface area (Å²) in [5.74, 6) is 1.16. The number of hydrogen-bond acceptors (Lipinski definition) is 5. The standard InChI is InChI=1S/C29H30N2O4/c32-19-21-9-11-22(12-10-21)20-34-26-8-4-7-25(17-26)28(24-5-2-1-3-6-24)30-29(33)35-27-18-31-15-13-23(27)14-16-31/h1-12,17,19,23,27-28H,13-16,18,20H2,(H,30,33). The predicted octanol–water partition coefficient (Wildman–Crippen LogP) is 4.99. The molecule has 0 radical (unpaired) electrons. The molecule has 180 valence electrons. The lowest BCUT2D eigenvalue weighted by molar-refractivity contribution is -0.0336. The van der Waals surface area contributed by atoms with Crippen LogP contribution in [-0.4, -0.2) is 43.0 Å². The lowest BCUT2D eigenvalue weighted by Crippen LogP contribution is -2.52. The molecule has 3 aromatic carbocycles. The van der Waals surface area contributed by atoms with E-state index in [-0.39, 0.29) is 18.2 Å². The van der Waals surface area contributed by atoms with Crippen molar-refractivity contribution < 1.29 is 19.1 Å². The average Bonchev–Trinajstić information content (AvgIpc) is 2.92. The topological polar surface area (TPSA) is 67.9 Å². The normalized spacial score (nSPS) is 21.7. The van der Waals surface area contributed by atoms with Gasteiger partial charge in [-0.2, -0.15) is 0 Å². The van der Waals surface area contributed by atoms with E-state index in [0.717, 1.165) is 55.5 Å². The minimum absolute atomic E-state index is 0.0470. The molecule has 3 heterocycles. The molecule has 1 N–H and O–H groups in total. The van der Waals surface area contributed by atoms with E-state index < -0.39 is 0 Å². The van der Waals surface area contributed by atoms with Gasteiger partial charge in [-0.15, -0.1) is 0 Å². The van der Waals surface area contributed by atoms with Gasteiger partial charge in [0.2, 0.25) is 0 Å². The van der Waals surface area contributed by atoms with Gasteiger partial charge in [0.15, 0.2) is 0 Å². The van der Waals surface area contributed by atoms with Gasteiger partial charge in [-0.05, 0) is 60.7 Å². The van der Waals surface area contributed by atoms with Crippen molar-refractivity contribution in [1.82, 2.24) is 10.2 Å². The first-order valence-electron chi connectivity index (χ1n) is 12.2. The molecule has 3 fully saturated rings. The molecule has 2 atom stereocenters. The largest absolute Gasteiger partial charge is 0.489 e. The van der Waals surface area contributed by atoms with Crippen LogP contribution in [0.2, 0.25) is 0 Å². The van der Waals surface area contributed by atoms with Crippen LogP contribution in [-0.2, 0) is 11.3 Å². The van der Waals surface area contributed by atoms with Gasteiger partial charge >= 0.3 is 6.09 Å². The highest BCUT2D eigenvalue weighted by molar-refractivity contribution is 5.74. The Labute approximate surface area is 205 Å². The summed E-state index contributed by atoms with van der Waals surface area (Å²) in [6, 6.07) is 24.6. The average molecular weight is 471 g/mol. The van der Waals surface area contributed by atoms with Gasteiger partial charge in [0.05, 0.1) is 6.04 Å². The Morgan fingerprint density at radius 1 is 0.971 bits per heavy atom. The van der Waals surface area contributed by atoms with E-state index in [0.29, 0.717) is 23.8 Å². The van der Waals surface area contributed by atoms with Crippen molar-refractivity contribution in [3.63, 3.8) is 0 Å². The third-order valence-corrected chi connectivity index (χ3v) is 6.96. The Bertz CT molecular complexity index is 1140. The summed E-state index contributed by atoms with van der Waals surface area (Å²) in [5, 5.41) is 3.10. The number of nitrogens with zero attached hydrogens (tertiary/aromatic N) is 1. The molecular formula is C29H30N2O4. The third kappa shape index (κ3) is 5.72. The zero-order valence-electron chi connectivity index (χ0n) is 19.6. The molecular weight excluding hydrogens is 440 g/mol. The number of piperidine rings is 3. The Hall–Kier alpha value is -3.64. The van der Waals surface area contributed by atoms with Crippen molar-refractivity contribution in [2.24, 2.45) is 5.92 Å². The molecule has 6 heteroatoms. The zero-order valence-corrected chi connectivity index (χ0v) is 19.6. The molecule has 0 saturated carbocycles. The summed E-state index contributed by atoms with van der Waals surface area (Å²) < 4.78 is 11.9. The highest BCUT2D eigenvalue weighted by atomic mass is 16.6. The van der Waals surface area contributed by atoms with Crippen LogP contribution >= 0.6 is 0 Å².